The van der Waals surface area contributed by atoms with Gasteiger partial charge >= 0.3 is 0 Å². The van der Waals surface area contributed by atoms with E-state index in [9.17, 15) is 5.11 Å². The number of nitriles is 1. The zero-order valence-electron chi connectivity index (χ0n) is 13.5. The van der Waals surface area contributed by atoms with Crippen molar-refractivity contribution < 1.29 is 9.84 Å². The van der Waals surface area contributed by atoms with Crippen LogP contribution in [-0.4, -0.2) is 36.2 Å². The maximum Gasteiger partial charge on any atom is 0.120 e. The standard InChI is InChI=1S/C20H20N2O2/c21-15-16-2-1-3-20(14-16)24-13-12-22-10-8-18(9-11-22)17-4-6-19(23)7-5-17/h1-8,14,23H,9-13H2. The number of hydrogen-bond acceptors (Lipinski definition) is 4. The second-order valence-corrected chi connectivity index (χ2v) is 5.81. The van der Waals surface area contributed by atoms with Gasteiger partial charge in [0.15, 0.2) is 0 Å². The molecule has 1 heterocycles. The Labute approximate surface area is 142 Å². The molecular formula is C20H20N2O2. The molecule has 0 spiro atoms. The largest absolute Gasteiger partial charge is 0.508 e. The van der Waals surface area contributed by atoms with Crippen LogP contribution in [0.5, 0.6) is 11.5 Å². The van der Waals surface area contributed by atoms with Crippen LogP contribution in [0.1, 0.15) is 17.5 Å². The minimum absolute atomic E-state index is 0.300. The second kappa shape index (κ2) is 7.67. The van der Waals surface area contributed by atoms with Crippen molar-refractivity contribution in [3.8, 4) is 17.6 Å². The quantitative estimate of drug-likeness (QED) is 0.917. The molecule has 0 saturated heterocycles. The molecule has 4 heteroatoms. The highest BCUT2D eigenvalue weighted by Crippen LogP contribution is 2.24. The number of aromatic hydroxyl groups is 1. The van der Waals surface area contributed by atoms with E-state index in [1.165, 1.54) is 11.1 Å². The maximum absolute atomic E-state index is 9.36. The molecule has 0 bridgehead atoms. The van der Waals surface area contributed by atoms with E-state index in [0.717, 1.165) is 31.8 Å². The highest BCUT2D eigenvalue weighted by atomic mass is 16.5. The van der Waals surface area contributed by atoms with Gasteiger partial charge in [0.05, 0.1) is 11.6 Å². The first-order valence-corrected chi connectivity index (χ1v) is 8.08. The van der Waals surface area contributed by atoms with Gasteiger partial charge in [-0.3, -0.25) is 4.90 Å². The van der Waals surface area contributed by atoms with Crippen LogP contribution >= 0.6 is 0 Å². The van der Waals surface area contributed by atoms with Crippen LogP contribution in [0, 0.1) is 11.3 Å². The summed E-state index contributed by atoms with van der Waals surface area (Å²) < 4.78 is 5.73. The third-order valence-electron chi connectivity index (χ3n) is 4.17. The van der Waals surface area contributed by atoms with Crippen molar-refractivity contribution in [2.45, 2.75) is 6.42 Å². The molecule has 0 aliphatic carbocycles. The number of benzene rings is 2. The average Bonchev–Trinajstić information content (AvgIpc) is 2.63. The van der Waals surface area contributed by atoms with E-state index in [1.54, 1.807) is 24.3 Å². The van der Waals surface area contributed by atoms with Crippen molar-refractivity contribution in [2.75, 3.05) is 26.2 Å². The zero-order valence-corrected chi connectivity index (χ0v) is 13.5. The minimum atomic E-state index is 0.300. The number of phenolic OH excluding ortho intramolecular Hbond substituents is 1. The van der Waals surface area contributed by atoms with E-state index in [-0.39, 0.29) is 0 Å². The molecule has 1 aliphatic heterocycles. The molecule has 0 radical (unpaired) electrons. The SMILES string of the molecule is N#Cc1cccc(OCCN2CC=C(c3ccc(O)cc3)CC2)c1. The molecular weight excluding hydrogens is 300 g/mol. The van der Waals surface area contributed by atoms with E-state index in [0.29, 0.717) is 17.9 Å². The first-order chi connectivity index (χ1) is 11.7. The zero-order chi connectivity index (χ0) is 16.8. The fourth-order valence-corrected chi connectivity index (χ4v) is 2.80. The van der Waals surface area contributed by atoms with Crippen molar-refractivity contribution >= 4 is 5.57 Å². The molecule has 0 unspecified atom stereocenters. The fraction of sp³-hybridized carbons (Fsp3) is 0.250. The average molecular weight is 320 g/mol. The number of hydrogen-bond donors (Lipinski definition) is 1. The van der Waals surface area contributed by atoms with Gasteiger partial charge in [-0.05, 0) is 47.9 Å². The van der Waals surface area contributed by atoms with E-state index in [1.807, 2.05) is 24.3 Å². The molecule has 0 aromatic heterocycles. The van der Waals surface area contributed by atoms with Crippen LogP contribution in [0.25, 0.3) is 5.57 Å². The Bertz CT molecular complexity index is 760. The van der Waals surface area contributed by atoms with Crippen molar-refractivity contribution in [3.05, 3.63) is 65.7 Å². The van der Waals surface area contributed by atoms with Crippen LogP contribution in [0.3, 0.4) is 0 Å². The Morgan fingerprint density at radius 2 is 2.00 bits per heavy atom. The van der Waals surface area contributed by atoms with Gasteiger partial charge in [0.25, 0.3) is 0 Å². The number of ether oxygens (including phenoxy) is 1. The van der Waals surface area contributed by atoms with E-state index in [4.69, 9.17) is 10.00 Å². The van der Waals surface area contributed by atoms with Crippen LogP contribution in [0.4, 0.5) is 0 Å². The Hall–Kier alpha value is -2.77. The lowest BCUT2D eigenvalue weighted by Crippen LogP contribution is -2.32. The highest BCUT2D eigenvalue weighted by Gasteiger charge is 2.13. The maximum atomic E-state index is 9.36. The topological polar surface area (TPSA) is 56.5 Å². The Balaban J connectivity index is 1.48. The lowest BCUT2D eigenvalue weighted by molar-refractivity contribution is 0.222. The summed E-state index contributed by atoms with van der Waals surface area (Å²) in [6.45, 7) is 3.36. The Morgan fingerprint density at radius 1 is 1.17 bits per heavy atom. The number of phenols is 1. The van der Waals surface area contributed by atoms with Gasteiger partial charge in [-0.2, -0.15) is 5.26 Å². The summed E-state index contributed by atoms with van der Waals surface area (Å²) in [6, 6.07) is 16.7. The number of nitrogens with zero attached hydrogens (tertiary/aromatic N) is 2. The lowest BCUT2D eigenvalue weighted by atomic mass is 9.99. The van der Waals surface area contributed by atoms with Crippen molar-refractivity contribution in [2.24, 2.45) is 0 Å². The lowest BCUT2D eigenvalue weighted by Gasteiger charge is -2.26. The molecule has 3 rings (SSSR count). The summed E-state index contributed by atoms with van der Waals surface area (Å²) in [4.78, 5) is 2.35. The molecule has 122 valence electrons. The van der Waals surface area contributed by atoms with Gasteiger partial charge in [-0.15, -0.1) is 0 Å². The summed E-state index contributed by atoms with van der Waals surface area (Å²) in [5.74, 6) is 1.04. The third kappa shape index (κ3) is 4.15. The van der Waals surface area contributed by atoms with Gasteiger partial charge in [-0.1, -0.05) is 24.3 Å². The first-order valence-electron chi connectivity index (χ1n) is 8.08. The summed E-state index contributed by atoms with van der Waals surface area (Å²) >= 11 is 0. The van der Waals surface area contributed by atoms with Crippen molar-refractivity contribution in [3.63, 3.8) is 0 Å². The second-order valence-electron chi connectivity index (χ2n) is 5.81. The predicted octanol–water partition coefficient (Wildman–Crippen LogP) is 3.43. The van der Waals surface area contributed by atoms with Gasteiger partial charge in [0.1, 0.15) is 18.1 Å². The monoisotopic (exact) mass is 320 g/mol. The molecule has 0 fully saturated rings. The molecule has 4 nitrogen and oxygen atoms in total. The van der Waals surface area contributed by atoms with E-state index < -0.39 is 0 Å². The smallest absolute Gasteiger partial charge is 0.120 e. The minimum Gasteiger partial charge on any atom is -0.508 e. The molecule has 1 aliphatic rings. The molecule has 0 saturated carbocycles. The van der Waals surface area contributed by atoms with Gasteiger partial charge in [0.2, 0.25) is 0 Å². The Kier molecular flexibility index (Phi) is 5.15. The van der Waals surface area contributed by atoms with Gasteiger partial charge < -0.3 is 9.84 Å². The third-order valence-corrected chi connectivity index (χ3v) is 4.17. The normalized spacial score (nSPS) is 14.7. The van der Waals surface area contributed by atoms with Crippen molar-refractivity contribution in [1.29, 1.82) is 5.26 Å². The summed E-state index contributed by atoms with van der Waals surface area (Å²) in [5.41, 5.74) is 3.12. The molecule has 2 aromatic rings. The molecule has 24 heavy (non-hydrogen) atoms. The molecule has 1 N–H and O–H groups in total. The summed E-state index contributed by atoms with van der Waals surface area (Å²) in [6.07, 6.45) is 3.24. The summed E-state index contributed by atoms with van der Waals surface area (Å²) in [5, 5.41) is 18.3. The molecule has 0 atom stereocenters. The first kappa shape index (κ1) is 16.1. The van der Waals surface area contributed by atoms with Gasteiger partial charge in [-0.25, -0.2) is 0 Å². The van der Waals surface area contributed by atoms with Crippen LogP contribution in [0.2, 0.25) is 0 Å². The summed E-state index contributed by atoms with van der Waals surface area (Å²) in [7, 11) is 0. The highest BCUT2D eigenvalue weighted by molar-refractivity contribution is 5.67. The van der Waals surface area contributed by atoms with Crippen LogP contribution in [-0.2, 0) is 0 Å². The van der Waals surface area contributed by atoms with Gasteiger partial charge in [0, 0.05) is 19.6 Å². The predicted molar refractivity (Wildman–Crippen MR) is 93.8 cm³/mol. The van der Waals surface area contributed by atoms with Crippen LogP contribution < -0.4 is 4.74 Å². The van der Waals surface area contributed by atoms with Crippen LogP contribution in [0.15, 0.2) is 54.6 Å². The Morgan fingerprint density at radius 3 is 2.71 bits per heavy atom. The van der Waals surface area contributed by atoms with E-state index >= 15 is 0 Å². The number of rotatable bonds is 5. The molecule has 0 amide bonds. The fourth-order valence-electron chi connectivity index (χ4n) is 2.80. The molecule has 2 aromatic carbocycles. The van der Waals surface area contributed by atoms with E-state index in [2.05, 4.69) is 17.0 Å². The van der Waals surface area contributed by atoms with Crippen molar-refractivity contribution in [1.82, 2.24) is 4.90 Å².